The Balaban J connectivity index is 2.11. The van der Waals surface area contributed by atoms with Crippen LogP contribution in [0.25, 0.3) is 0 Å². The summed E-state index contributed by atoms with van der Waals surface area (Å²) in [6.45, 7) is 6.70. The van der Waals surface area contributed by atoms with Crippen molar-refractivity contribution >= 4 is 5.97 Å². The fourth-order valence-electron chi connectivity index (χ4n) is 3.26. The maximum Gasteiger partial charge on any atom is 0.308 e. The maximum atomic E-state index is 12.4. The van der Waals surface area contributed by atoms with Gasteiger partial charge in [0, 0.05) is 6.54 Å². The van der Waals surface area contributed by atoms with Gasteiger partial charge in [0.1, 0.15) is 5.60 Å². The molecule has 1 aliphatic rings. The summed E-state index contributed by atoms with van der Waals surface area (Å²) in [7, 11) is 0. The molecule has 122 valence electrons. The van der Waals surface area contributed by atoms with Gasteiger partial charge in [0.05, 0.1) is 12.5 Å². The van der Waals surface area contributed by atoms with Gasteiger partial charge >= 0.3 is 5.97 Å². The van der Waals surface area contributed by atoms with Crippen molar-refractivity contribution in [1.29, 1.82) is 0 Å². The third-order valence-corrected chi connectivity index (χ3v) is 5.01. The lowest BCUT2D eigenvalue weighted by atomic mass is 9.91. The Kier molecular flexibility index (Phi) is 5.59. The van der Waals surface area contributed by atoms with Crippen LogP contribution < -0.4 is 0 Å². The van der Waals surface area contributed by atoms with Crippen LogP contribution in [0, 0.1) is 0 Å². The highest BCUT2D eigenvalue weighted by Gasteiger charge is 2.33. The number of ether oxygens (including phenoxy) is 1. The molecule has 4 nitrogen and oxygen atoms in total. The molecule has 1 aromatic carbocycles. The molecule has 0 unspecified atom stereocenters. The molecule has 0 radical (unpaired) electrons. The molecule has 0 aliphatic carbocycles. The van der Waals surface area contributed by atoms with E-state index in [1.165, 1.54) is 10.6 Å². The number of rotatable bonds is 6. The highest BCUT2D eigenvalue weighted by Crippen LogP contribution is 2.32. The minimum Gasteiger partial charge on any atom is -0.459 e. The van der Waals surface area contributed by atoms with Crippen LogP contribution in [0.4, 0.5) is 0 Å². The Morgan fingerprint density at radius 1 is 1.27 bits per heavy atom. The molecule has 1 heterocycles. The van der Waals surface area contributed by atoms with E-state index in [2.05, 4.69) is 26.8 Å². The van der Waals surface area contributed by atoms with Crippen molar-refractivity contribution in [2.75, 3.05) is 6.54 Å². The van der Waals surface area contributed by atoms with Crippen LogP contribution in [0.2, 0.25) is 0 Å². The second-order valence-electron chi connectivity index (χ2n) is 6.05. The van der Waals surface area contributed by atoms with E-state index >= 15 is 0 Å². The second-order valence-corrected chi connectivity index (χ2v) is 6.05. The monoisotopic (exact) mass is 305 g/mol. The van der Waals surface area contributed by atoms with Crippen molar-refractivity contribution in [1.82, 2.24) is 5.06 Å². The average molecular weight is 305 g/mol. The van der Waals surface area contributed by atoms with Gasteiger partial charge in [0.2, 0.25) is 0 Å². The number of fused-ring (bicyclic) bond motifs is 1. The molecule has 2 rings (SSSR count). The lowest BCUT2D eigenvalue weighted by Crippen LogP contribution is -2.37. The summed E-state index contributed by atoms with van der Waals surface area (Å²) in [6.07, 6.45) is 3.44. The minimum atomic E-state index is -0.369. The summed E-state index contributed by atoms with van der Waals surface area (Å²) < 4.78 is 5.78. The molecular weight excluding hydrogens is 278 g/mol. The van der Waals surface area contributed by atoms with Gasteiger partial charge in [-0.1, -0.05) is 45.0 Å². The fraction of sp³-hybridized carbons (Fsp3) is 0.611. The fourth-order valence-corrected chi connectivity index (χ4v) is 3.26. The van der Waals surface area contributed by atoms with E-state index in [0.29, 0.717) is 6.54 Å². The number of hydrogen-bond donors (Lipinski definition) is 1. The highest BCUT2D eigenvalue weighted by molar-refractivity contribution is 5.71. The van der Waals surface area contributed by atoms with Crippen molar-refractivity contribution in [3.05, 3.63) is 35.4 Å². The number of hydroxylamine groups is 2. The van der Waals surface area contributed by atoms with Crippen LogP contribution in [-0.4, -0.2) is 28.4 Å². The van der Waals surface area contributed by atoms with Gasteiger partial charge in [-0.2, -0.15) is 5.06 Å². The summed E-state index contributed by atoms with van der Waals surface area (Å²) in [5, 5.41) is 11.4. The first kappa shape index (κ1) is 17.0. The van der Waals surface area contributed by atoms with Gasteiger partial charge in [-0.25, -0.2) is 0 Å². The van der Waals surface area contributed by atoms with Gasteiger partial charge in [-0.3, -0.25) is 4.79 Å². The summed E-state index contributed by atoms with van der Waals surface area (Å²) in [5.74, 6) is -0.230. The van der Waals surface area contributed by atoms with Crippen LogP contribution in [-0.2, 0) is 16.0 Å². The zero-order valence-corrected chi connectivity index (χ0v) is 13.8. The molecule has 4 heteroatoms. The van der Waals surface area contributed by atoms with Crippen LogP contribution in [0.1, 0.15) is 63.6 Å². The Bertz CT molecular complexity index is 503. The van der Waals surface area contributed by atoms with Crippen molar-refractivity contribution in [2.24, 2.45) is 0 Å². The van der Waals surface area contributed by atoms with E-state index in [4.69, 9.17) is 4.74 Å². The molecular formula is C18H27NO3. The predicted octanol–water partition coefficient (Wildman–Crippen LogP) is 3.88. The van der Waals surface area contributed by atoms with Crippen molar-refractivity contribution in [3.8, 4) is 0 Å². The molecule has 0 aromatic heterocycles. The first-order valence-corrected chi connectivity index (χ1v) is 8.30. The number of hydrogen-bond acceptors (Lipinski definition) is 4. The highest BCUT2D eigenvalue weighted by atomic mass is 16.6. The maximum absolute atomic E-state index is 12.4. The normalized spacial score (nSPS) is 18.8. The van der Waals surface area contributed by atoms with E-state index in [0.717, 1.165) is 31.2 Å². The molecule has 0 bridgehead atoms. The molecule has 1 N–H and O–H groups in total. The predicted molar refractivity (Wildman–Crippen MR) is 85.7 cm³/mol. The van der Waals surface area contributed by atoms with Crippen LogP contribution in [0.5, 0.6) is 0 Å². The Labute approximate surface area is 133 Å². The summed E-state index contributed by atoms with van der Waals surface area (Å²) >= 11 is 0. The number of carbonyl (C=O) groups excluding carboxylic acids is 1. The molecule has 1 atom stereocenters. The third kappa shape index (κ3) is 3.50. The van der Waals surface area contributed by atoms with Gasteiger partial charge < -0.3 is 9.94 Å². The van der Waals surface area contributed by atoms with E-state index in [1.54, 1.807) is 0 Å². The Morgan fingerprint density at radius 2 is 1.91 bits per heavy atom. The van der Waals surface area contributed by atoms with Crippen LogP contribution >= 0.6 is 0 Å². The van der Waals surface area contributed by atoms with E-state index in [1.807, 2.05) is 18.2 Å². The summed E-state index contributed by atoms with van der Waals surface area (Å²) in [5.41, 5.74) is 1.87. The zero-order valence-electron chi connectivity index (χ0n) is 13.8. The molecule has 1 aliphatic heterocycles. The van der Waals surface area contributed by atoms with E-state index in [-0.39, 0.29) is 24.0 Å². The van der Waals surface area contributed by atoms with Crippen molar-refractivity contribution in [3.63, 3.8) is 0 Å². The average Bonchev–Trinajstić information content (AvgIpc) is 2.55. The number of nitrogens with zero attached hydrogens (tertiary/aromatic N) is 1. The second kappa shape index (κ2) is 7.25. The van der Waals surface area contributed by atoms with E-state index in [9.17, 15) is 10.0 Å². The zero-order chi connectivity index (χ0) is 16.2. The van der Waals surface area contributed by atoms with Gasteiger partial charge in [-0.15, -0.1) is 0 Å². The van der Waals surface area contributed by atoms with Crippen molar-refractivity contribution < 1.29 is 14.7 Å². The summed E-state index contributed by atoms with van der Waals surface area (Å²) in [4.78, 5) is 12.4. The van der Waals surface area contributed by atoms with Gasteiger partial charge in [0.25, 0.3) is 0 Å². The first-order chi connectivity index (χ1) is 10.5. The Hall–Kier alpha value is -1.39. The SMILES string of the molecule is CCC(CC)(CC)OC(=O)C[C@H]1c2ccccc2CCN1O. The minimum absolute atomic E-state index is 0.190. The number of carbonyl (C=O) groups is 1. The smallest absolute Gasteiger partial charge is 0.308 e. The topological polar surface area (TPSA) is 49.8 Å². The third-order valence-electron chi connectivity index (χ3n) is 5.01. The van der Waals surface area contributed by atoms with Crippen LogP contribution in [0.15, 0.2) is 24.3 Å². The molecule has 0 saturated carbocycles. The van der Waals surface area contributed by atoms with E-state index < -0.39 is 0 Å². The van der Waals surface area contributed by atoms with Gasteiger partial charge in [-0.05, 0) is 36.8 Å². The number of benzene rings is 1. The molecule has 0 amide bonds. The Morgan fingerprint density at radius 3 is 2.55 bits per heavy atom. The van der Waals surface area contributed by atoms with Crippen LogP contribution in [0.3, 0.4) is 0 Å². The molecule has 0 saturated heterocycles. The largest absolute Gasteiger partial charge is 0.459 e. The standard InChI is InChI=1S/C18H27NO3/c1-4-18(5-2,6-3)22-17(20)13-16-15-10-8-7-9-14(15)11-12-19(16)21/h7-10,16,21H,4-6,11-13H2,1-3H3/t16-/m0/s1. The van der Waals surface area contributed by atoms with Gasteiger partial charge in [0.15, 0.2) is 0 Å². The molecule has 0 fully saturated rings. The quantitative estimate of drug-likeness (QED) is 0.810. The molecule has 0 spiro atoms. The number of esters is 1. The van der Waals surface area contributed by atoms with Crippen molar-refractivity contribution in [2.45, 2.75) is 64.5 Å². The lowest BCUT2D eigenvalue weighted by molar-refractivity contribution is -0.173. The summed E-state index contributed by atoms with van der Waals surface area (Å²) in [6, 6.07) is 7.69. The lowest BCUT2D eigenvalue weighted by Gasteiger charge is -2.34. The molecule has 22 heavy (non-hydrogen) atoms. The molecule has 1 aromatic rings. The first-order valence-electron chi connectivity index (χ1n) is 8.30.